The number of aromatic nitrogens is 2. The summed E-state index contributed by atoms with van der Waals surface area (Å²) in [6.07, 6.45) is 3.90. The molecule has 3 heteroatoms. The molecule has 1 aromatic carbocycles. The molecule has 92 valence electrons. The van der Waals surface area contributed by atoms with Crippen molar-refractivity contribution >= 4 is 27.3 Å². The highest BCUT2D eigenvalue weighted by Gasteiger charge is 2.09. The summed E-state index contributed by atoms with van der Waals surface area (Å²) in [6, 6.07) is 14.4. The Balaban J connectivity index is 2.35. The molecule has 0 atom stereocenters. The van der Waals surface area contributed by atoms with Gasteiger partial charge >= 0.3 is 0 Å². The average Bonchev–Trinajstić information content (AvgIpc) is 2.96. The van der Waals surface area contributed by atoms with E-state index in [0.29, 0.717) is 0 Å². The third kappa shape index (κ3) is 1.35. The molecule has 0 unspecified atom stereocenters. The molecule has 0 amide bonds. The topological polar surface area (TPSA) is 26.5 Å². The first-order valence-corrected chi connectivity index (χ1v) is 6.20. The fraction of sp³-hybridized carbons (Fsp3) is 0.0625. The van der Waals surface area contributed by atoms with Crippen molar-refractivity contribution in [3.05, 3.63) is 54.9 Å². The SMILES string of the molecule is COc1ccc2c(c1)c1ncccc1n1cccc21. The molecule has 4 rings (SSSR count). The summed E-state index contributed by atoms with van der Waals surface area (Å²) in [7, 11) is 1.69. The normalized spacial score (nSPS) is 11.4. The minimum atomic E-state index is 0.857. The number of rotatable bonds is 1. The van der Waals surface area contributed by atoms with Crippen molar-refractivity contribution in [3.8, 4) is 5.75 Å². The molecule has 19 heavy (non-hydrogen) atoms. The Bertz CT molecular complexity index is 908. The highest BCUT2D eigenvalue weighted by atomic mass is 16.5. The van der Waals surface area contributed by atoms with E-state index in [1.54, 1.807) is 7.11 Å². The van der Waals surface area contributed by atoms with Crippen LogP contribution >= 0.6 is 0 Å². The Hall–Kier alpha value is -2.55. The molecule has 3 aromatic heterocycles. The van der Waals surface area contributed by atoms with Crippen molar-refractivity contribution < 1.29 is 4.74 Å². The lowest BCUT2D eigenvalue weighted by molar-refractivity contribution is 0.415. The molecule has 0 aliphatic carbocycles. The van der Waals surface area contributed by atoms with Crippen molar-refractivity contribution in [2.45, 2.75) is 0 Å². The molecule has 0 radical (unpaired) electrons. The van der Waals surface area contributed by atoms with Crippen LogP contribution in [0.5, 0.6) is 5.75 Å². The minimum absolute atomic E-state index is 0.857. The Labute approximate surface area is 110 Å². The lowest BCUT2D eigenvalue weighted by atomic mass is 10.1. The van der Waals surface area contributed by atoms with Gasteiger partial charge in [0.15, 0.2) is 0 Å². The van der Waals surface area contributed by atoms with E-state index in [4.69, 9.17) is 4.74 Å². The van der Waals surface area contributed by atoms with Crippen LogP contribution in [0.15, 0.2) is 54.9 Å². The lowest BCUT2D eigenvalue weighted by Crippen LogP contribution is -1.92. The second-order valence-corrected chi connectivity index (χ2v) is 4.55. The molecule has 0 saturated heterocycles. The van der Waals surface area contributed by atoms with Crippen LogP contribution < -0.4 is 4.74 Å². The molecular formula is C16H12N2O. The third-order valence-electron chi connectivity index (χ3n) is 3.55. The molecule has 0 aliphatic heterocycles. The molecule has 3 nitrogen and oxygen atoms in total. The number of hydrogen-bond acceptors (Lipinski definition) is 2. The zero-order chi connectivity index (χ0) is 12.8. The fourth-order valence-corrected chi connectivity index (χ4v) is 2.68. The van der Waals surface area contributed by atoms with Crippen molar-refractivity contribution in [2.24, 2.45) is 0 Å². The van der Waals surface area contributed by atoms with Crippen LogP contribution in [-0.2, 0) is 0 Å². The number of pyridine rings is 2. The van der Waals surface area contributed by atoms with Crippen LogP contribution in [0.3, 0.4) is 0 Å². The standard InChI is InChI=1S/C16H12N2O/c1-19-11-6-7-12-13(10-11)16-15(4-2-8-17-16)18-9-3-5-14(12)18/h2-10H,1H3. The Morgan fingerprint density at radius 3 is 2.79 bits per heavy atom. The molecule has 0 spiro atoms. The average molecular weight is 248 g/mol. The van der Waals surface area contributed by atoms with Crippen LogP contribution in [0, 0.1) is 0 Å². The summed E-state index contributed by atoms with van der Waals surface area (Å²) >= 11 is 0. The van der Waals surface area contributed by atoms with Gasteiger partial charge in [0.1, 0.15) is 5.75 Å². The third-order valence-corrected chi connectivity index (χ3v) is 3.55. The van der Waals surface area contributed by atoms with Crippen LogP contribution in [0.25, 0.3) is 27.3 Å². The zero-order valence-corrected chi connectivity index (χ0v) is 10.5. The Morgan fingerprint density at radius 1 is 1.00 bits per heavy atom. The van der Waals surface area contributed by atoms with E-state index < -0.39 is 0 Å². The summed E-state index contributed by atoms with van der Waals surface area (Å²) in [5.74, 6) is 0.857. The number of fused-ring (bicyclic) bond motifs is 6. The fourth-order valence-electron chi connectivity index (χ4n) is 2.68. The van der Waals surface area contributed by atoms with Gasteiger partial charge in [0, 0.05) is 23.2 Å². The smallest absolute Gasteiger partial charge is 0.119 e. The van der Waals surface area contributed by atoms with E-state index in [-0.39, 0.29) is 0 Å². The number of methoxy groups -OCH3 is 1. The van der Waals surface area contributed by atoms with E-state index in [1.165, 1.54) is 10.9 Å². The minimum Gasteiger partial charge on any atom is -0.497 e. The van der Waals surface area contributed by atoms with Gasteiger partial charge in [-0.15, -0.1) is 0 Å². The predicted molar refractivity (Wildman–Crippen MR) is 76.8 cm³/mol. The summed E-state index contributed by atoms with van der Waals surface area (Å²) < 4.78 is 7.51. The van der Waals surface area contributed by atoms with Crippen molar-refractivity contribution in [2.75, 3.05) is 7.11 Å². The highest BCUT2D eigenvalue weighted by molar-refractivity contribution is 6.11. The first kappa shape index (κ1) is 10.4. The summed E-state index contributed by atoms with van der Waals surface area (Å²) in [6.45, 7) is 0. The van der Waals surface area contributed by atoms with Crippen LogP contribution in [0.2, 0.25) is 0 Å². The number of hydrogen-bond donors (Lipinski definition) is 0. The van der Waals surface area contributed by atoms with E-state index in [1.807, 2.05) is 18.3 Å². The Kier molecular flexibility index (Phi) is 2.03. The van der Waals surface area contributed by atoms with Gasteiger partial charge in [-0.3, -0.25) is 4.98 Å². The second kappa shape index (κ2) is 3.72. The van der Waals surface area contributed by atoms with Gasteiger partial charge in [-0.1, -0.05) is 0 Å². The van der Waals surface area contributed by atoms with Crippen molar-refractivity contribution in [1.29, 1.82) is 0 Å². The molecular weight excluding hydrogens is 236 g/mol. The number of ether oxygens (including phenoxy) is 1. The maximum atomic E-state index is 5.33. The molecule has 0 saturated carbocycles. The monoisotopic (exact) mass is 248 g/mol. The lowest BCUT2D eigenvalue weighted by Gasteiger charge is -2.09. The van der Waals surface area contributed by atoms with E-state index in [0.717, 1.165) is 22.2 Å². The van der Waals surface area contributed by atoms with Crippen LogP contribution in [0.1, 0.15) is 0 Å². The van der Waals surface area contributed by atoms with E-state index in [2.05, 4.69) is 45.9 Å². The largest absolute Gasteiger partial charge is 0.497 e. The highest BCUT2D eigenvalue weighted by Crippen LogP contribution is 2.31. The maximum Gasteiger partial charge on any atom is 0.119 e. The van der Waals surface area contributed by atoms with Crippen LogP contribution in [0.4, 0.5) is 0 Å². The quantitative estimate of drug-likeness (QED) is 0.481. The molecule has 3 heterocycles. The Morgan fingerprint density at radius 2 is 1.89 bits per heavy atom. The molecule has 4 aromatic rings. The van der Waals surface area contributed by atoms with Crippen LogP contribution in [-0.4, -0.2) is 16.5 Å². The summed E-state index contributed by atoms with van der Waals surface area (Å²) in [5.41, 5.74) is 3.31. The predicted octanol–water partition coefficient (Wildman–Crippen LogP) is 3.65. The van der Waals surface area contributed by atoms with Gasteiger partial charge in [-0.05, 0) is 42.5 Å². The second-order valence-electron chi connectivity index (χ2n) is 4.55. The van der Waals surface area contributed by atoms with E-state index in [9.17, 15) is 0 Å². The first-order valence-electron chi connectivity index (χ1n) is 6.20. The van der Waals surface area contributed by atoms with Gasteiger partial charge in [0.25, 0.3) is 0 Å². The first-order chi connectivity index (χ1) is 9.38. The van der Waals surface area contributed by atoms with Gasteiger partial charge in [0.2, 0.25) is 0 Å². The maximum absolute atomic E-state index is 5.33. The molecule has 0 N–H and O–H groups in total. The van der Waals surface area contributed by atoms with Crippen molar-refractivity contribution in [1.82, 2.24) is 9.38 Å². The van der Waals surface area contributed by atoms with Crippen molar-refractivity contribution in [3.63, 3.8) is 0 Å². The zero-order valence-electron chi connectivity index (χ0n) is 10.5. The summed E-state index contributed by atoms with van der Waals surface area (Å²) in [4.78, 5) is 4.54. The van der Waals surface area contributed by atoms with Gasteiger partial charge < -0.3 is 9.14 Å². The summed E-state index contributed by atoms with van der Waals surface area (Å²) in [5, 5.41) is 2.32. The molecule has 0 bridgehead atoms. The molecule has 0 fully saturated rings. The van der Waals surface area contributed by atoms with Gasteiger partial charge in [-0.25, -0.2) is 0 Å². The van der Waals surface area contributed by atoms with Gasteiger partial charge in [0.05, 0.1) is 23.7 Å². The van der Waals surface area contributed by atoms with Gasteiger partial charge in [-0.2, -0.15) is 0 Å². The van der Waals surface area contributed by atoms with E-state index >= 15 is 0 Å². The number of nitrogens with zero attached hydrogens (tertiary/aromatic N) is 2. The number of benzene rings is 1. The molecule has 0 aliphatic rings.